The van der Waals surface area contributed by atoms with E-state index in [0.717, 1.165) is 0 Å². The summed E-state index contributed by atoms with van der Waals surface area (Å²) in [5.41, 5.74) is 0.179. The monoisotopic (exact) mass is 258 g/mol. The lowest BCUT2D eigenvalue weighted by molar-refractivity contribution is -0.118. The zero-order valence-corrected chi connectivity index (χ0v) is 7.90. The van der Waals surface area contributed by atoms with Crippen molar-refractivity contribution >= 4 is 40.5 Å². The first-order valence-corrected chi connectivity index (χ1v) is 4.74. The lowest BCUT2D eigenvalue weighted by Crippen LogP contribution is -2.26. The highest BCUT2D eigenvalue weighted by atomic mass is 127. The molecule has 0 radical (unpaired) electrons. The smallest absolute Gasteiger partial charge is 0.237 e. The van der Waals surface area contributed by atoms with E-state index in [1.54, 1.807) is 11.8 Å². The fraction of sp³-hybridized carbons (Fsp3) is 0.750. The van der Waals surface area contributed by atoms with Gasteiger partial charge in [-0.25, -0.2) is 3.11 Å². The first-order chi connectivity index (χ1) is 4.24. The molecule has 0 spiro atoms. The molecule has 1 rings (SSSR count). The van der Waals surface area contributed by atoms with Crippen LogP contribution in [0, 0.1) is 0 Å². The number of hydrogen-bond donors (Lipinski definition) is 1. The molecule has 0 aromatic rings. The van der Waals surface area contributed by atoms with Crippen LogP contribution in [0.1, 0.15) is 0 Å². The minimum Gasteiger partial charge on any atom is -0.330 e. The maximum atomic E-state index is 10.7. The van der Waals surface area contributed by atoms with Gasteiger partial charge in [0.25, 0.3) is 0 Å². The zero-order chi connectivity index (χ0) is 6.85. The van der Waals surface area contributed by atoms with Gasteiger partial charge in [0.05, 0.1) is 6.54 Å². The molecule has 1 aliphatic rings. The van der Waals surface area contributed by atoms with E-state index in [4.69, 9.17) is 0 Å². The van der Waals surface area contributed by atoms with E-state index in [-0.39, 0.29) is 11.4 Å². The summed E-state index contributed by atoms with van der Waals surface area (Å²) in [5.74, 6) is 0.115. The highest BCUT2D eigenvalue weighted by Crippen LogP contribution is 2.17. The van der Waals surface area contributed by atoms with Gasteiger partial charge in [-0.15, -0.1) is 11.8 Å². The molecule has 1 aliphatic heterocycles. The third-order valence-electron chi connectivity index (χ3n) is 1.06. The topological polar surface area (TPSA) is 32.3 Å². The van der Waals surface area contributed by atoms with Crippen LogP contribution < -0.4 is 5.32 Å². The van der Waals surface area contributed by atoms with Crippen LogP contribution in [0.15, 0.2) is 0 Å². The summed E-state index contributed by atoms with van der Waals surface area (Å²) < 4.78 is 1.95. The number of nitrogens with one attached hydrogen (secondary N) is 1. The van der Waals surface area contributed by atoms with E-state index in [9.17, 15) is 4.79 Å². The van der Waals surface area contributed by atoms with Gasteiger partial charge in [0.1, 0.15) is 5.50 Å². The van der Waals surface area contributed by atoms with E-state index in [0.29, 0.717) is 6.54 Å². The predicted molar refractivity (Wildman–Crippen MR) is 46.2 cm³/mol. The lowest BCUT2D eigenvalue weighted by Gasteiger charge is -2.11. The second-order valence-electron chi connectivity index (χ2n) is 1.71. The summed E-state index contributed by atoms with van der Waals surface area (Å²) in [4.78, 5) is 10.7. The van der Waals surface area contributed by atoms with Gasteiger partial charge in [-0.3, -0.25) is 4.79 Å². The van der Waals surface area contributed by atoms with Crippen molar-refractivity contribution in [2.75, 3.05) is 12.8 Å². The molecule has 0 bridgehead atoms. The molecular formula is C4H7IN2OS. The summed E-state index contributed by atoms with van der Waals surface area (Å²) in [7, 11) is 0. The average Bonchev–Trinajstić information content (AvgIpc) is 2.10. The first kappa shape index (κ1) is 7.62. The van der Waals surface area contributed by atoms with Crippen molar-refractivity contribution in [1.29, 1.82) is 0 Å². The molecule has 0 aromatic heterocycles. The Kier molecular flexibility index (Phi) is 2.59. The molecule has 3 nitrogen and oxygen atoms in total. The number of thioether (sulfide) groups is 1. The van der Waals surface area contributed by atoms with Crippen molar-refractivity contribution in [3.8, 4) is 0 Å². The number of carbonyl (C=O) groups excluding carboxylic acids is 1. The molecule has 1 unspecified atom stereocenters. The standard InChI is InChI=1S/C4H7IN2OS/c1-9-4-6-3(8)2-7(4)5/h4H,2H2,1H3,(H,6,8). The van der Waals surface area contributed by atoms with Crippen molar-refractivity contribution in [3.05, 3.63) is 0 Å². The first-order valence-electron chi connectivity index (χ1n) is 2.48. The summed E-state index contributed by atoms with van der Waals surface area (Å²) >= 11 is 3.77. The van der Waals surface area contributed by atoms with Gasteiger partial charge in [-0.2, -0.15) is 0 Å². The Bertz CT molecular complexity index is 132. The molecule has 52 valence electrons. The minimum absolute atomic E-state index is 0.115. The predicted octanol–water partition coefficient (Wildman–Crippen LogP) is 0.415. The van der Waals surface area contributed by atoms with Gasteiger partial charge in [0.15, 0.2) is 0 Å². The molecule has 1 amide bonds. The molecule has 1 atom stereocenters. The van der Waals surface area contributed by atoms with Gasteiger partial charge >= 0.3 is 0 Å². The molecule has 0 saturated carbocycles. The minimum atomic E-state index is 0.115. The Hall–Kier alpha value is 0.510. The van der Waals surface area contributed by atoms with Crippen LogP contribution >= 0.6 is 34.6 Å². The second kappa shape index (κ2) is 3.07. The Labute approximate surface area is 72.0 Å². The van der Waals surface area contributed by atoms with Crippen LogP contribution in [0.4, 0.5) is 0 Å². The van der Waals surface area contributed by atoms with Crippen molar-refractivity contribution in [2.24, 2.45) is 0 Å². The Morgan fingerprint density at radius 2 is 2.67 bits per heavy atom. The highest BCUT2D eigenvalue weighted by Gasteiger charge is 2.26. The molecule has 1 fully saturated rings. The van der Waals surface area contributed by atoms with E-state index >= 15 is 0 Å². The normalized spacial score (nSPS) is 28.7. The number of rotatable bonds is 1. The van der Waals surface area contributed by atoms with Crippen LogP contribution in [0.2, 0.25) is 0 Å². The third kappa shape index (κ3) is 1.71. The Morgan fingerprint density at radius 1 is 2.00 bits per heavy atom. The van der Waals surface area contributed by atoms with Crippen LogP contribution in [0.5, 0.6) is 0 Å². The van der Waals surface area contributed by atoms with Gasteiger partial charge < -0.3 is 5.32 Å². The Balaban J connectivity index is 2.47. The number of halogens is 1. The SMILES string of the molecule is CSC1NC(=O)CN1I. The number of nitrogens with zero attached hydrogens (tertiary/aromatic N) is 1. The van der Waals surface area contributed by atoms with Gasteiger partial charge in [-0.1, -0.05) is 0 Å². The van der Waals surface area contributed by atoms with Crippen molar-refractivity contribution < 1.29 is 4.79 Å². The summed E-state index contributed by atoms with van der Waals surface area (Å²) in [6, 6.07) is 0. The molecular weight excluding hydrogens is 251 g/mol. The van der Waals surface area contributed by atoms with Gasteiger partial charge in [0, 0.05) is 22.9 Å². The van der Waals surface area contributed by atoms with E-state index in [1.807, 2.05) is 9.37 Å². The average molecular weight is 258 g/mol. The van der Waals surface area contributed by atoms with Gasteiger partial charge in [0.2, 0.25) is 5.91 Å². The van der Waals surface area contributed by atoms with Gasteiger partial charge in [-0.05, 0) is 6.26 Å². The summed E-state index contributed by atoms with van der Waals surface area (Å²) in [6.07, 6.45) is 1.97. The second-order valence-corrected chi connectivity index (χ2v) is 3.87. The fourth-order valence-corrected chi connectivity index (χ4v) is 2.33. The number of amides is 1. The fourth-order valence-electron chi connectivity index (χ4n) is 0.647. The molecule has 9 heavy (non-hydrogen) atoms. The number of hydrogen-bond acceptors (Lipinski definition) is 3. The van der Waals surface area contributed by atoms with Crippen LogP contribution in [0.3, 0.4) is 0 Å². The van der Waals surface area contributed by atoms with E-state index in [2.05, 4.69) is 28.2 Å². The summed E-state index contributed by atoms with van der Waals surface area (Å²) in [6.45, 7) is 0.520. The molecule has 5 heteroatoms. The van der Waals surface area contributed by atoms with Crippen LogP contribution in [-0.4, -0.2) is 27.3 Å². The van der Waals surface area contributed by atoms with E-state index < -0.39 is 0 Å². The van der Waals surface area contributed by atoms with Crippen molar-refractivity contribution in [3.63, 3.8) is 0 Å². The maximum absolute atomic E-state index is 10.7. The van der Waals surface area contributed by atoms with Crippen LogP contribution in [-0.2, 0) is 4.79 Å². The highest BCUT2D eigenvalue weighted by molar-refractivity contribution is 14.1. The van der Waals surface area contributed by atoms with Crippen LogP contribution in [0.25, 0.3) is 0 Å². The zero-order valence-electron chi connectivity index (χ0n) is 4.93. The molecule has 1 N–H and O–H groups in total. The quantitative estimate of drug-likeness (QED) is 0.546. The molecule has 1 heterocycles. The largest absolute Gasteiger partial charge is 0.330 e. The molecule has 0 aliphatic carbocycles. The lowest BCUT2D eigenvalue weighted by atomic mass is 10.7. The number of carbonyl (C=O) groups is 1. The van der Waals surface area contributed by atoms with Crippen molar-refractivity contribution in [2.45, 2.75) is 5.50 Å². The third-order valence-corrected chi connectivity index (χ3v) is 3.15. The Morgan fingerprint density at radius 3 is 2.89 bits per heavy atom. The maximum Gasteiger partial charge on any atom is 0.237 e. The molecule has 1 saturated heterocycles. The summed E-state index contributed by atoms with van der Waals surface area (Å²) in [5, 5.41) is 2.80. The van der Waals surface area contributed by atoms with Crippen molar-refractivity contribution in [1.82, 2.24) is 8.43 Å². The molecule has 0 aromatic carbocycles. The van der Waals surface area contributed by atoms with E-state index in [1.165, 1.54) is 0 Å².